The fraction of sp³-hybridized carbons (Fsp3) is 0.300. The first kappa shape index (κ1) is 28.6. The number of hydrogen-bond acceptors (Lipinski definition) is 7. The SMILES string of the molecule is C=CCOc1c(Br)cc(/C=c2\sc3n(c2=O)C(c2ccc(C(C)C)cc2)C(C(=O)OCC)=C(C)N=3)cc1OC. The van der Waals surface area contributed by atoms with E-state index in [1.807, 2.05) is 30.3 Å². The summed E-state index contributed by atoms with van der Waals surface area (Å²) in [6.07, 6.45) is 3.44. The Labute approximate surface area is 239 Å². The Morgan fingerprint density at radius 3 is 2.59 bits per heavy atom. The second-order valence-electron chi connectivity index (χ2n) is 9.26. The molecule has 0 aliphatic carbocycles. The van der Waals surface area contributed by atoms with Crippen LogP contribution in [0.5, 0.6) is 11.5 Å². The number of carbonyl (C=O) groups is 1. The number of hydrogen-bond donors (Lipinski definition) is 0. The van der Waals surface area contributed by atoms with Gasteiger partial charge in [-0.15, -0.1) is 0 Å². The minimum absolute atomic E-state index is 0.224. The number of ether oxygens (including phenoxy) is 3. The van der Waals surface area contributed by atoms with E-state index in [2.05, 4.69) is 41.3 Å². The molecule has 3 aromatic rings. The second-order valence-corrected chi connectivity index (χ2v) is 11.1. The number of nitrogens with zero attached hydrogens (tertiary/aromatic N) is 2. The summed E-state index contributed by atoms with van der Waals surface area (Å²) in [6, 6.07) is 11.0. The van der Waals surface area contributed by atoms with E-state index in [-0.39, 0.29) is 12.2 Å². The predicted octanol–water partition coefficient (Wildman–Crippen LogP) is 5.26. The van der Waals surface area contributed by atoms with E-state index in [0.29, 0.717) is 49.1 Å². The second kappa shape index (κ2) is 12.2. The van der Waals surface area contributed by atoms with Crippen LogP contribution in [0.4, 0.5) is 0 Å². The minimum Gasteiger partial charge on any atom is -0.493 e. The maximum atomic E-state index is 13.9. The van der Waals surface area contributed by atoms with Gasteiger partial charge < -0.3 is 14.2 Å². The molecular weight excluding hydrogens is 580 g/mol. The number of methoxy groups -OCH3 is 1. The lowest BCUT2D eigenvalue weighted by atomic mass is 9.93. The molecule has 1 aromatic heterocycles. The Bertz CT molecular complexity index is 1620. The van der Waals surface area contributed by atoms with Crippen LogP contribution in [0.1, 0.15) is 56.3 Å². The van der Waals surface area contributed by atoms with Gasteiger partial charge in [0.2, 0.25) is 0 Å². The molecule has 4 rings (SSSR count). The van der Waals surface area contributed by atoms with Crippen molar-refractivity contribution in [3.05, 3.63) is 101 Å². The third kappa shape index (κ3) is 5.79. The molecule has 9 heteroatoms. The van der Waals surface area contributed by atoms with Crippen molar-refractivity contribution in [1.29, 1.82) is 0 Å². The van der Waals surface area contributed by atoms with Gasteiger partial charge in [0.1, 0.15) is 6.61 Å². The fourth-order valence-corrected chi connectivity index (χ4v) is 6.05. The topological polar surface area (TPSA) is 79.1 Å². The molecule has 0 N–H and O–H groups in total. The van der Waals surface area contributed by atoms with Gasteiger partial charge in [-0.05, 0) is 70.6 Å². The molecule has 1 aliphatic rings. The lowest BCUT2D eigenvalue weighted by Crippen LogP contribution is -2.39. The molecule has 204 valence electrons. The molecule has 2 aromatic carbocycles. The summed E-state index contributed by atoms with van der Waals surface area (Å²) in [5, 5.41) is 0. The fourth-order valence-electron chi connectivity index (χ4n) is 4.43. The Hall–Kier alpha value is -3.43. The molecule has 0 amide bonds. The normalized spacial score (nSPS) is 15.2. The molecule has 1 aliphatic heterocycles. The predicted molar refractivity (Wildman–Crippen MR) is 157 cm³/mol. The van der Waals surface area contributed by atoms with Crippen molar-refractivity contribution in [1.82, 2.24) is 4.57 Å². The maximum absolute atomic E-state index is 13.9. The van der Waals surface area contributed by atoms with Crippen molar-refractivity contribution in [2.24, 2.45) is 4.99 Å². The van der Waals surface area contributed by atoms with Crippen LogP contribution in [0.2, 0.25) is 0 Å². The quantitative estimate of drug-likeness (QED) is 0.244. The van der Waals surface area contributed by atoms with Gasteiger partial charge in [-0.2, -0.15) is 0 Å². The number of allylic oxidation sites excluding steroid dienone is 1. The van der Waals surface area contributed by atoms with Gasteiger partial charge in [0.15, 0.2) is 16.3 Å². The largest absolute Gasteiger partial charge is 0.493 e. The van der Waals surface area contributed by atoms with Crippen molar-refractivity contribution in [2.75, 3.05) is 20.3 Å². The molecule has 0 spiro atoms. The first-order valence-electron chi connectivity index (χ1n) is 12.6. The molecule has 1 unspecified atom stereocenters. The van der Waals surface area contributed by atoms with Gasteiger partial charge >= 0.3 is 5.97 Å². The van der Waals surface area contributed by atoms with E-state index >= 15 is 0 Å². The molecule has 0 bridgehead atoms. The zero-order chi connectivity index (χ0) is 28.3. The molecule has 7 nitrogen and oxygen atoms in total. The average Bonchev–Trinajstić information content (AvgIpc) is 3.21. The summed E-state index contributed by atoms with van der Waals surface area (Å²) in [4.78, 5) is 32.2. The zero-order valence-corrected chi connectivity index (χ0v) is 25.0. The Morgan fingerprint density at radius 1 is 1.26 bits per heavy atom. The van der Waals surface area contributed by atoms with E-state index in [9.17, 15) is 9.59 Å². The number of esters is 1. The zero-order valence-electron chi connectivity index (χ0n) is 22.6. The first-order valence-corrected chi connectivity index (χ1v) is 14.2. The smallest absolute Gasteiger partial charge is 0.338 e. The standard InChI is InChI=1S/C30H31BrN2O5S/c1-7-13-38-27-22(31)14-19(15-23(27)36-6)16-24-28(34)33-26(21-11-9-20(10-12-21)17(3)4)25(29(35)37-8-2)18(5)32-30(33)39-24/h7,9-12,14-17,26H,1,8,13H2,2-6H3/b24-16-. The summed E-state index contributed by atoms with van der Waals surface area (Å²) >= 11 is 4.82. The average molecular weight is 612 g/mol. The molecule has 0 radical (unpaired) electrons. The van der Waals surface area contributed by atoms with Crippen molar-refractivity contribution >= 4 is 39.3 Å². The van der Waals surface area contributed by atoms with Gasteiger partial charge in [-0.3, -0.25) is 9.36 Å². The van der Waals surface area contributed by atoms with Gasteiger partial charge in [0, 0.05) is 0 Å². The van der Waals surface area contributed by atoms with E-state index < -0.39 is 12.0 Å². The minimum atomic E-state index is -0.653. The number of benzene rings is 2. The molecular formula is C30H31BrN2O5S. The first-order chi connectivity index (χ1) is 18.7. The highest BCUT2D eigenvalue weighted by Crippen LogP contribution is 2.37. The van der Waals surface area contributed by atoms with Gasteiger partial charge in [-0.1, -0.05) is 62.1 Å². The molecule has 0 fully saturated rings. The van der Waals surface area contributed by atoms with Crippen LogP contribution < -0.4 is 24.4 Å². The van der Waals surface area contributed by atoms with E-state index in [0.717, 1.165) is 11.1 Å². The van der Waals surface area contributed by atoms with Crippen LogP contribution >= 0.6 is 27.3 Å². The maximum Gasteiger partial charge on any atom is 0.338 e. The third-order valence-electron chi connectivity index (χ3n) is 6.33. The lowest BCUT2D eigenvalue weighted by molar-refractivity contribution is -0.139. The summed E-state index contributed by atoms with van der Waals surface area (Å²) < 4.78 is 19.4. The van der Waals surface area contributed by atoms with Crippen molar-refractivity contribution in [3.63, 3.8) is 0 Å². The molecule has 2 heterocycles. The van der Waals surface area contributed by atoms with Crippen LogP contribution in [0, 0.1) is 0 Å². The van der Waals surface area contributed by atoms with Crippen LogP contribution in [0.15, 0.2) is 74.6 Å². The number of aromatic nitrogens is 1. The van der Waals surface area contributed by atoms with Crippen LogP contribution in [0.3, 0.4) is 0 Å². The number of thiazole rings is 1. The Kier molecular flexibility index (Phi) is 8.92. The van der Waals surface area contributed by atoms with Crippen molar-refractivity contribution < 1.29 is 19.0 Å². The molecule has 39 heavy (non-hydrogen) atoms. The van der Waals surface area contributed by atoms with Crippen molar-refractivity contribution in [3.8, 4) is 11.5 Å². The molecule has 0 saturated heterocycles. The number of fused-ring (bicyclic) bond motifs is 1. The summed E-state index contributed by atoms with van der Waals surface area (Å²) in [6.45, 7) is 12.0. The van der Waals surface area contributed by atoms with Gasteiger partial charge in [0.05, 0.1) is 40.0 Å². The highest BCUT2D eigenvalue weighted by Gasteiger charge is 2.33. The van der Waals surface area contributed by atoms with Crippen LogP contribution in [0.25, 0.3) is 6.08 Å². The van der Waals surface area contributed by atoms with E-state index in [1.54, 1.807) is 43.7 Å². The summed E-state index contributed by atoms with van der Waals surface area (Å²) in [5.41, 5.74) is 3.39. The van der Waals surface area contributed by atoms with Crippen LogP contribution in [-0.4, -0.2) is 30.9 Å². The van der Waals surface area contributed by atoms with Gasteiger partial charge in [0.25, 0.3) is 5.56 Å². The molecule has 1 atom stereocenters. The number of halogens is 1. The molecule has 0 saturated carbocycles. The summed E-state index contributed by atoms with van der Waals surface area (Å²) in [5.74, 6) is 0.951. The number of carbonyl (C=O) groups excluding carboxylic acids is 1. The lowest BCUT2D eigenvalue weighted by Gasteiger charge is -2.25. The monoisotopic (exact) mass is 610 g/mol. The van der Waals surface area contributed by atoms with Crippen molar-refractivity contribution in [2.45, 2.75) is 39.7 Å². The van der Waals surface area contributed by atoms with Gasteiger partial charge in [-0.25, -0.2) is 9.79 Å². The highest BCUT2D eigenvalue weighted by molar-refractivity contribution is 9.10. The Morgan fingerprint density at radius 2 is 1.97 bits per heavy atom. The number of rotatable bonds is 9. The van der Waals surface area contributed by atoms with E-state index in [1.165, 1.54) is 16.9 Å². The highest BCUT2D eigenvalue weighted by atomic mass is 79.9. The van der Waals surface area contributed by atoms with Crippen LogP contribution in [-0.2, 0) is 9.53 Å². The summed E-state index contributed by atoms with van der Waals surface area (Å²) in [7, 11) is 1.56. The third-order valence-corrected chi connectivity index (χ3v) is 7.90. The van der Waals surface area contributed by atoms with E-state index in [4.69, 9.17) is 14.2 Å². The Balaban J connectivity index is 1.89.